The summed E-state index contributed by atoms with van der Waals surface area (Å²) in [6, 6.07) is 4.04. The number of morpholine rings is 1. The van der Waals surface area contributed by atoms with Crippen molar-refractivity contribution in [3.05, 3.63) is 30.2 Å². The van der Waals surface area contributed by atoms with Crippen LogP contribution >= 0.6 is 0 Å². The van der Waals surface area contributed by atoms with Gasteiger partial charge in [0.15, 0.2) is 5.65 Å². The number of ether oxygens (including phenoxy) is 1. The number of hydrogen-bond donors (Lipinski definition) is 0. The van der Waals surface area contributed by atoms with E-state index in [0.717, 1.165) is 30.8 Å². The highest BCUT2D eigenvalue weighted by Gasteiger charge is 2.33. The molecule has 0 bridgehead atoms. The number of piperazine rings is 1. The third-order valence-corrected chi connectivity index (χ3v) is 6.74. The van der Waals surface area contributed by atoms with Crippen molar-refractivity contribution >= 4 is 15.9 Å². The molecule has 25 heavy (non-hydrogen) atoms. The molecule has 0 unspecified atom stereocenters. The molecule has 2 saturated heterocycles. The summed E-state index contributed by atoms with van der Waals surface area (Å²) in [5.74, 6) is 0. The van der Waals surface area contributed by atoms with E-state index in [0.29, 0.717) is 39.4 Å². The van der Waals surface area contributed by atoms with Crippen molar-refractivity contribution in [3.63, 3.8) is 0 Å². The Labute approximate surface area is 147 Å². The van der Waals surface area contributed by atoms with E-state index in [2.05, 4.69) is 15.0 Å². The van der Waals surface area contributed by atoms with E-state index in [1.165, 1.54) is 10.6 Å². The van der Waals surface area contributed by atoms with Crippen LogP contribution in [0.15, 0.2) is 24.7 Å². The van der Waals surface area contributed by atoms with Gasteiger partial charge < -0.3 is 4.74 Å². The molecule has 2 aromatic rings. The minimum atomic E-state index is -3.36. The van der Waals surface area contributed by atoms with Crippen LogP contribution in [0.2, 0.25) is 0 Å². The Bertz CT molecular complexity index is 825. The lowest BCUT2D eigenvalue weighted by molar-refractivity contribution is 0.0684. The van der Waals surface area contributed by atoms with Gasteiger partial charge in [0.2, 0.25) is 0 Å². The van der Waals surface area contributed by atoms with E-state index in [1.54, 1.807) is 8.82 Å². The second kappa shape index (κ2) is 6.96. The Balaban J connectivity index is 1.36. The maximum absolute atomic E-state index is 12.7. The van der Waals surface area contributed by atoms with E-state index >= 15 is 0 Å². The van der Waals surface area contributed by atoms with Gasteiger partial charge in [0.05, 0.1) is 13.2 Å². The van der Waals surface area contributed by atoms with Crippen LogP contribution < -0.4 is 0 Å². The largest absolute Gasteiger partial charge is 0.379 e. The Morgan fingerprint density at radius 2 is 1.76 bits per heavy atom. The van der Waals surface area contributed by atoms with Crippen LogP contribution in [0.3, 0.4) is 0 Å². The zero-order valence-corrected chi connectivity index (χ0v) is 14.8. The SMILES string of the molecule is O=S(=O)(N1CCOCC1)N1CCN(Cc2ccn3ncnc3c2)CC1. The van der Waals surface area contributed by atoms with Gasteiger partial charge in [0, 0.05) is 52.0 Å². The summed E-state index contributed by atoms with van der Waals surface area (Å²) in [5.41, 5.74) is 1.98. The lowest BCUT2D eigenvalue weighted by Gasteiger charge is -2.37. The minimum absolute atomic E-state index is 0.445. The first-order valence-electron chi connectivity index (χ1n) is 8.46. The summed E-state index contributed by atoms with van der Waals surface area (Å²) in [4.78, 5) is 6.47. The Morgan fingerprint density at radius 3 is 2.52 bits per heavy atom. The highest BCUT2D eigenvalue weighted by Crippen LogP contribution is 2.16. The molecular weight excluding hydrogens is 344 g/mol. The van der Waals surface area contributed by atoms with Crippen LogP contribution in [-0.2, 0) is 21.5 Å². The van der Waals surface area contributed by atoms with Crippen molar-refractivity contribution in [2.75, 3.05) is 52.5 Å². The van der Waals surface area contributed by atoms with E-state index in [-0.39, 0.29) is 0 Å². The lowest BCUT2D eigenvalue weighted by Crippen LogP contribution is -2.54. The van der Waals surface area contributed by atoms with Crippen LogP contribution in [0.4, 0.5) is 0 Å². The second-order valence-electron chi connectivity index (χ2n) is 6.29. The lowest BCUT2D eigenvalue weighted by atomic mass is 10.2. The van der Waals surface area contributed by atoms with E-state index in [9.17, 15) is 8.42 Å². The molecule has 4 rings (SSSR count). The van der Waals surface area contributed by atoms with Crippen molar-refractivity contribution < 1.29 is 13.2 Å². The predicted molar refractivity (Wildman–Crippen MR) is 91.1 cm³/mol. The quantitative estimate of drug-likeness (QED) is 0.720. The van der Waals surface area contributed by atoms with Gasteiger partial charge in [-0.2, -0.15) is 22.1 Å². The monoisotopic (exact) mass is 366 g/mol. The maximum atomic E-state index is 12.7. The molecule has 0 spiro atoms. The average Bonchev–Trinajstić information content (AvgIpc) is 3.11. The predicted octanol–water partition coefficient (Wildman–Crippen LogP) is -0.576. The number of hydrogen-bond acceptors (Lipinski definition) is 6. The second-order valence-corrected chi connectivity index (χ2v) is 8.22. The number of nitrogens with zero attached hydrogens (tertiary/aromatic N) is 6. The Hall–Kier alpha value is -1.59. The highest BCUT2D eigenvalue weighted by atomic mass is 32.2. The fourth-order valence-electron chi connectivity index (χ4n) is 3.27. The van der Waals surface area contributed by atoms with Crippen molar-refractivity contribution in [1.29, 1.82) is 0 Å². The van der Waals surface area contributed by atoms with Crippen molar-refractivity contribution in [2.45, 2.75) is 6.54 Å². The molecule has 0 atom stereocenters. The fourth-order valence-corrected chi connectivity index (χ4v) is 4.83. The minimum Gasteiger partial charge on any atom is -0.379 e. The molecular formula is C15H22N6O3S. The molecule has 0 aromatic carbocycles. The summed E-state index contributed by atoms with van der Waals surface area (Å²) in [6.45, 7) is 5.12. The number of pyridine rings is 1. The van der Waals surface area contributed by atoms with Crippen molar-refractivity contribution in [1.82, 2.24) is 28.1 Å². The van der Waals surface area contributed by atoms with Gasteiger partial charge in [-0.3, -0.25) is 4.90 Å². The average molecular weight is 366 g/mol. The molecule has 2 fully saturated rings. The first kappa shape index (κ1) is 16.9. The van der Waals surface area contributed by atoms with Crippen LogP contribution in [0, 0.1) is 0 Å². The number of rotatable bonds is 4. The summed E-state index contributed by atoms with van der Waals surface area (Å²) < 4.78 is 35.5. The van der Waals surface area contributed by atoms with E-state index < -0.39 is 10.2 Å². The van der Waals surface area contributed by atoms with Crippen LogP contribution in [0.25, 0.3) is 5.65 Å². The van der Waals surface area contributed by atoms with E-state index in [4.69, 9.17) is 4.74 Å². The molecule has 2 aromatic heterocycles. The molecule has 10 heteroatoms. The van der Waals surface area contributed by atoms with Gasteiger partial charge >= 0.3 is 0 Å². The molecule has 9 nitrogen and oxygen atoms in total. The molecule has 0 saturated carbocycles. The first-order valence-corrected chi connectivity index (χ1v) is 9.86. The number of aromatic nitrogens is 3. The first-order chi connectivity index (χ1) is 12.1. The normalized spacial score (nSPS) is 21.8. The van der Waals surface area contributed by atoms with Crippen LogP contribution in [0.1, 0.15) is 5.56 Å². The van der Waals surface area contributed by atoms with Crippen molar-refractivity contribution in [3.8, 4) is 0 Å². The Morgan fingerprint density at radius 1 is 1.04 bits per heavy atom. The summed E-state index contributed by atoms with van der Waals surface area (Å²) in [7, 11) is -3.36. The molecule has 2 aliphatic rings. The van der Waals surface area contributed by atoms with Gasteiger partial charge in [0.25, 0.3) is 10.2 Å². The molecule has 0 aliphatic carbocycles. The topological polar surface area (TPSA) is 83.3 Å². The summed E-state index contributed by atoms with van der Waals surface area (Å²) in [6.07, 6.45) is 3.44. The van der Waals surface area contributed by atoms with Crippen LogP contribution in [0.5, 0.6) is 0 Å². The zero-order chi connectivity index (χ0) is 17.3. The summed E-state index contributed by atoms with van der Waals surface area (Å²) in [5, 5.41) is 4.09. The molecule has 0 radical (unpaired) electrons. The smallest absolute Gasteiger partial charge is 0.282 e. The molecule has 0 amide bonds. The van der Waals surface area contributed by atoms with Gasteiger partial charge in [-0.25, -0.2) is 9.50 Å². The van der Waals surface area contributed by atoms with E-state index in [1.807, 2.05) is 18.3 Å². The zero-order valence-electron chi connectivity index (χ0n) is 14.0. The van der Waals surface area contributed by atoms with Crippen molar-refractivity contribution in [2.24, 2.45) is 0 Å². The Kier molecular flexibility index (Phi) is 4.69. The van der Waals surface area contributed by atoms with Gasteiger partial charge in [-0.1, -0.05) is 0 Å². The standard InChI is InChI=1S/C15H22N6O3S/c22-25(23,20-7-9-24-10-8-20)19-5-3-18(4-6-19)12-14-1-2-21-15(11-14)16-13-17-21/h1-2,11,13H,3-10,12H2. The highest BCUT2D eigenvalue weighted by molar-refractivity contribution is 7.86. The van der Waals surface area contributed by atoms with Gasteiger partial charge in [0.1, 0.15) is 6.33 Å². The maximum Gasteiger partial charge on any atom is 0.282 e. The number of fused-ring (bicyclic) bond motifs is 1. The fraction of sp³-hybridized carbons (Fsp3) is 0.600. The molecule has 4 heterocycles. The molecule has 136 valence electrons. The third kappa shape index (κ3) is 3.53. The van der Waals surface area contributed by atoms with Gasteiger partial charge in [-0.05, 0) is 17.7 Å². The van der Waals surface area contributed by atoms with Crippen LogP contribution in [-0.4, -0.2) is 89.0 Å². The van der Waals surface area contributed by atoms with Gasteiger partial charge in [-0.15, -0.1) is 0 Å². The third-order valence-electron chi connectivity index (χ3n) is 4.71. The molecule has 0 N–H and O–H groups in total. The summed E-state index contributed by atoms with van der Waals surface area (Å²) >= 11 is 0. The molecule has 2 aliphatic heterocycles.